The molecule has 0 saturated heterocycles. The summed E-state index contributed by atoms with van der Waals surface area (Å²) in [7, 11) is 0. The van der Waals surface area contributed by atoms with Crippen LogP contribution in [0.1, 0.15) is 50.2 Å². The lowest BCUT2D eigenvalue weighted by Crippen LogP contribution is -2.61. The minimum Gasteiger partial charge on any atom is -0.478 e. The summed E-state index contributed by atoms with van der Waals surface area (Å²) in [4.78, 5) is 42.1. The Kier molecular flexibility index (Phi) is 8.60. The van der Waals surface area contributed by atoms with Gasteiger partial charge >= 0.3 is 12.1 Å². The number of H-pyrrole nitrogens is 1. The maximum Gasteiger partial charge on any atom is 0.408 e. The number of ether oxygens (including phenoxy) is 1. The molecule has 2 atom stereocenters. The van der Waals surface area contributed by atoms with Crippen LogP contribution in [-0.2, 0) is 27.2 Å². The zero-order chi connectivity index (χ0) is 30.7. The van der Waals surface area contributed by atoms with Crippen molar-refractivity contribution in [1.29, 1.82) is 0 Å². The van der Waals surface area contributed by atoms with Crippen LogP contribution in [0.4, 0.5) is 4.79 Å². The van der Waals surface area contributed by atoms with E-state index in [2.05, 4.69) is 15.6 Å². The van der Waals surface area contributed by atoms with Crippen molar-refractivity contribution in [1.82, 2.24) is 15.6 Å². The normalized spacial score (nSPS) is 26.1. The van der Waals surface area contributed by atoms with Crippen molar-refractivity contribution in [2.75, 3.05) is 0 Å². The number of aromatic nitrogens is 1. The van der Waals surface area contributed by atoms with Crippen LogP contribution in [0.2, 0.25) is 0 Å². The number of hydrogen-bond acceptors (Lipinski definition) is 4. The van der Waals surface area contributed by atoms with E-state index in [-0.39, 0.29) is 18.4 Å². The van der Waals surface area contributed by atoms with Crippen molar-refractivity contribution < 1.29 is 24.2 Å². The highest BCUT2D eigenvalue weighted by Crippen LogP contribution is 2.54. The molecule has 2 aromatic carbocycles. The van der Waals surface area contributed by atoms with E-state index in [0.29, 0.717) is 18.3 Å². The monoisotopic (exact) mass is 595 g/mol. The van der Waals surface area contributed by atoms with Crippen molar-refractivity contribution in [2.24, 2.45) is 23.7 Å². The molecule has 7 rings (SSSR count). The summed E-state index contributed by atoms with van der Waals surface area (Å²) in [6, 6.07) is 17.2. The molecular weight excluding hydrogens is 554 g/mol. The summed E-state index contributed by atoms with van der Waals surface area (Å²) in [6.07, 6.45) is 13.7. The highest BCUT2D eigenvalue weighted by atomic mass is 16.6. The molecule has 2 unspecified atom stereocenters. The summed E-state index contributed by atoms with van der Waals surface area (Å²) in [5.74, 6) is 0.940. The van der Waals surface area contributed by atoms with Crippen molar-refractivity contribution in [3.63, 3.8) is 0 Å². The molecule has 4 aliphatic rings. The zero-order valence-electron chi connectivity index (χ0n) is 25.1. The minimum absolute atomic E-state index is 0.0991. The predicted molar refractivity (Wildman–Crippen MR) is 169 cm³/mol. The molecule has 1 heterocycles. The largest absolute Gasteiger partial charge is 0.478 e. The Morgan fingerprint density at radius 3 is 2.36 bits per heavy atom. The third kappa shape index (κ3) is 6.74. The first-order valence-electron chi connectivity index (χ1n) is 15.7. The van der Waals surface area contributed by atoms with E-state index in [1.807, 2.05) is 60.8 Å². The average Bonchev–Trinajstić information content (AvgIpc) is 3.39. The van der Waals surface area contributed by atoms with Crippen LogP contribution >= 0.6 is 0 Å². The molecule has 4 saturated carbocycles. The van der Waals surface area contributed by atoms with Crippen LogP contribution in [-0.4, -0.2) is 45.7 Å². The van der Waals surface area contributed by atoms with Gasteiger partial charge in [-0.15, -0.1) is 0 Å². The molecule has 2 amide bonds. The SMILES string of the molecule is CC(Cc1c[nH]c2ccccc12)(NC(=O)OC1C2CC3CC(C2)CC1C3)C(=O)NC(C=CC=CC(=O)O)Cc1ccccc1. The van der Waals surface area contributed by atoms with Gasteiger partial charge in [0.1, 0.15) is 11.6 Å². The highest BCUT2D eigenvalue weighted by molar-refractivity contribution is 5.92. The molecule has 0 aliphatic heterocycles. The number of rotatable bonds is 11. The number of carboxylic acids is 1. The van der Waals surface area contributed by atoms with Crippen molar-refractivity contribution in [3.05, 3.63) is 96.2 Å². The van der Waals surface area contributed by atoms with Gasteiger partial charge in [-0.3, -0.25) is 4.79 Å². The highest BCUT2D eigenvalue weighted by Gasteiger charge is 2.50. The van der Waals surface area contributed by atoms with Gasteiger partial charge in [-0.25, -0.2) is 9.59 Å². The number of fused-ring (bicyclic) bond motifs is 1. The van der Waals surface area contributed by atoms with E-state index in [1.165, 1.54) is 12.5 Å². The molecule has 4 aliphatic carbocycles. The fourth-order valence-electron chi connectivity index (χ4n) is 7.99. The van der Waals surface area contributed by atoms with Crippen LogP contribution in [0.25, 0.3) is 10.9 Å². The number of carboxylic acid groups (broad SMARTS) is 1. The number of amides is 2. The lowest BCUT2D eigenvalue weighted by Gasteiger charge is -2.53. The van der Waals surface area contributed by atoms with Gasteiger partial charge in [-0.2, -0.15) is 0 Å². The number of nitrogens with one attached hydrogen (secondary N) is 3. The minimum atomic E-state index is -1.33. The molecule has 44 heavy (non-hydrogen) atoms. The van der Waals surface area contributed by atoms with Gasteiger partial charge in [0.25, 0.3) is 0 Å². The Morgan fingerprint density at radius 1 is 0.977 bits per heavy atom. The van der Waals surface area contributed by atoms with Gasteiger partial charge in [-0.1, -0.05) is 66.8 Å². The average molecular weight is 596 g/mol. The third-order valence-corrected chi connectivity index (χ3v) is 9.79. The summed E-state index contributed by atoms with van der Waals surface area (Å²) in [5, 5.41) is 16.1. The standard InChI is InChI=1S/C36H41N3O5/c1-36(21-28-22-37-31-13-7-6-12-30(28)31,39-35(43)44-33-26-16-24-15-25(18-26)19-27(33)17-24)34(42)38-29(11-5-8-14-32(40)41)20-23-9-3-2-4-10-23/h2-14,22,24-27,29,33,37H,15-21H2,1H3,(H,38,42)(H,39,43)(H,40,41). The summed E-state index contributed by atoms with van der Waals surface area (Å²) in [5.41, 5.74) is 1.55. The molecule has 0 radical (unpaired) electrons. The topological polar surface area (TPSA) is 121 Å². The number of alkyl carbamates (subject to hydrolysis) is 1. The van der Waals surface area contributed by atoms with Gasteiger partial charge in [0.2, 0.25) is 5.91 Å². The Hall–Kier alpha value is -4.33. The molecule has 4 N–H and O–H groups in total. The third-order valence-electron chi connectivity index (χ3n) is 9.79. The smallest absolute Gasteiger partial charge is 0.408 e. The molecule has 8 nitrogen and oxygen atoms in total. The number of para-hydroxylation sites is 1. The lowest BCUT2D eigenvalue weighted by molar-refractivity contribution is -0.131. The number of aliphatic carboxylic acids is 1. The van der Waals surface area contributed by atoms with Crippen LogP contribution in [0.5, 0.6) is 0 Å². The van der Waals surface area contributed by atoms with Crippen molar-refractivity contribution in [3.8, 4) is 0 Å². The van der Waals surface area contributed by atoms with E-state index in [4.69, 9.17) is 9.84 Å². The number of allylic oxidation sites excluding steroid dienone is 2. The van der Waals surface area contributed by atoms with E-state index in [0.717, 1.165) is 65.6 Å². The lowest BCUT2D eigenvalue weighted by atomic mass is 9.55. The van der Waals surface area contributed by atoms with E-state index < -0.39 is 23.6 Å². The van der Waals surface area contributed by atoms with Crippen LogP contribution in [0.3, 0.4) is 0 Å². The Balaban J connectivity index is 1.23. The van der Waals surface area contributed by atoms with E-state index in [1.54, 1.807) is 19.1 Å². The van der Waals surface area contributed by atoms with Crippen molar-refractivity contribution in [2.45, 2.75) is 69.6 Å². The molecule has 230 valence electrons. The molecule has 4 fully saturated rings. The van der Waals surface area contributed by atoms with Gasteiger partial charge in [0.15, 0.2) is 0 Å². The maximum atomic E-state index is 14.2. The molecule has 4 bridgehead atoms. The van der Waals surface area contributed by atoms with Gasteiger partial charge in [0, 0.05) is 29.6 Å². The number of hydrogen-bond donors (Lipinski definition) is 4. The van der Waals surface area contributed by atoms with Crippen LogP contribution < -0.4 is 10.6 Å². The van der Waals surface area contributed by atoms with E-state index >= 15 is 0 Å². The predicted octanol–water partition coefficient (Wildman–Crippen LogP) is 5.94. The molecule has 1 aromatic heterocycles. The Morgan fingerprint density at radius 2 is 1.66 bits per heavy atom. The summed E-state index contributed by atoms with van der Waals surface area (Å²) >= 11 is 0. The van der Waals surface area contributed by atoms with Crippen LogP contribution in [0, 0.1) is 23.7 Å². The molecule has 3 aromatic rings. The fraction of sp³-hybridized carbons (Fsp3) is 0.417. The van der Waals surface area contributed by atoms with Gasteiger partial charge in [0.05, 0.1) is 6.04 Å². The molecular formula is C36H41N3O5. The number of aromatic amines is 1. The molecule has 0 spiro atoms. The molecule has 8 heteroatoms. The summed E-state index contributed by atoms with van der Waals surface area (Å²) in [6.45, 7) is 1.75. The quantitative estimate of drug-likeness (QED) is 0.161. The fourth-order valence-corrected chi connectivity index (χ4v) is 7.99. The van der Waals surface area contributed by atoms with Crippen LogP contribution in [0.15, 0.2) is 85.1 Å². The Labute approximate surface area is 258 Å². The van der Waals surface area contributed by atoms with Crippen molar-refractivity contribution >= 4 is 28.9 Å². The van der Waals surface area contributed by atoms with E-state index in [9.17, 15) is 14.4 Å². The summed E-state index contributed by atoms with van der Waals surface area (Å²) < 4.78 is 6.17. The number of benzene rings is 2. The second-order valence-electron chi connectivity index (χ2n) is 13.1. The second-order valence-corrected chi connectivity index (χ2v) is 13.1. The first-order valence-corrected chi connectivity index (χ1v) is 15.7. The number of carbonyl (C=O) groups is 3. The van der Waals surface area contributed by atoms with Gasteiger partial charge in [-0.05, 0) is 86.3 Å². The maximum absolute atomic E-state index is 14.2. The number of carbonyl (C=O) groups excluding carboxylic acids is 2. The van der Waals surface area contributed by atoms with Gasteiger partial charge < -0.3 is 25.5 Å². The second kappa shape index (κ2) is 12.7. The first kappa shape index (κ1) is 29.7. The zero-order valence-corrected chi connectivity index (χ0v) is 25.1. The Bertz CT molecular complexity index is 1530. The first-order chi connectivity index (χ1) is 21.3.